The van der Waals surface area contributed by atoms with Crippen LogP contribution in [0.3, 0.4) is 0 Å². The quantitative estimate of drug-likeness (QED) is 0.0148. The number of allylic oxidation sites excluding steroid dienone is 8. The molecule has 8 atom stereocenters. The van der Waals surface area contributed by atoms with Gasteiger partial charge in [-0.25, -0.2) is 4.57 Å². The lowest BCUT2D eigenvalue weighted by molar-refractivity contribution is -0.220. The lowest BCUT2D eigenvalue weighted by atomic mass is 9.85. The van der Waals surface area contributed by atoms with Crippen molar-refractivity contribution < 1.29 is 63.1 Å². The number of hydrogen-bond donors (Lipinski definition) is 6. The first-order valence-electron chi connectivity index (χ1n) is 23.4. The Morgan fingerprint density at radius 1 is 0.525 bits per heavy atom. The summed E-state index contributed by atoms with van der Waals surface area (Å²) in [5.41, 5.74) is 0. The van der Waals surface area contributed by atoms with E-state index in [1.807, 2.05) is 0 Å². The molecule has 0 saturated heterocycles. The van der Waals surface area contributed by atoms with Crippen molar-refractivity contribution in [3.05, 3.63) is 48.6 Å². The molecule has 0 aromatic heterocycles. The minimum atomic E-state index is -5.13. The van der Waals surface area contributed by atoms with Crippen molar-refractivity contribution in [1.29, 1.82) is 0 Å². The van der Waals surface area contributed by atoms with Gasteiger partial charge in [0.15, 0.2) is 6.10 Å². The van der Waals surface area contributed by atoms with Gasteiger partial charge in [-0.3, -0.25) is 18.6 Å². The number of unbranched alkanes of at least 4 members (excludes halogenated alkanes) is 18. The Kier molecular flexibility index (Phi) is 34.7. The van der Waals surface area contributed by atoms with Gasteiger partial charge in [-0.1, -0.05) is 165 Å². The number of hydrogen-bond acceptors (Lipinski definition) is 12. The van der Waals surface area contributed by atoms with Gasteiger partial charge in [-0.05, 0) is 51.4 Å². The number of phosphoric acid groups is 1. The molecule has 0 heterocycles. The maximum Gasteiger partial charge on any atom is 0.472 e. The van der Waals surface area contributed by atoms with E-state index in [4.69, 9.17) is 18.5 Å². The largest absolute Gasteiger partial charge is 0.472 e. The highest BCUT2D eigenvalue weighted by molar-refractivity contribution is 7.47. The Morgan fingerprint density at radius 2 is 0.934 bits per heavy atom. The van der Waals surface area contributed by atoms with Crippen molar-refractivity contribution in [2.24, 2.45) is 0 Å². The molecule has 0 radical (unpaired) electrons. The fraction of sp³-hybridized carbons (Fsp3) is 0.787. The Labute approximate surface area is 367 Å². The summed E-state index contributed by atoms with van der Waals surface area (Å²) in [6, 6.07) is 0. The van der Waals surface area contributed by atoms with E-state index >= 15 is 0 Å². The van der Waals surface area contributed by atoms with Gasteiger partial charge in [0, 0.05) is 12.8 Å². The number of carbonyl (C=O) groups is 2. The molecule has 0 spiro atoms. The van der Waals surface area contributed by atoms with Crippen LogP contribution in [0.1, 0.15) is 181 Å². The van der Waals surface area contributed by atoms with E-state index in [0.29, 0.717) is 12.8 Å². The van der Waals surface area contributed by atoms with E-state index in [1.165, 1.54) is 83.5 Å². The van der Waals surface area contributed by atoms with Crippen LogP contribution in [-0.4, -0.2) is 98.3 Å². The topological polar surface area (TPSA) is 210 Å². The lowest BCUT2D eigenvalue weighted by Crippen LogP contribution is -2.64. The van der Waals surface area contributed by atoms with Crippen molar-refractivity contribution in [2.45, 2.75) is 224 Å². The predicted molar refractivity (Wildman–Crippen MR) is 239 cm³/mol. The van der Waals surface area contributed by atoms with E-state index < -0.39 is 75.7 Å². The molecule has 13 nitrogen and oxygen atoms in total. The van der Waals surface area contributed by atoms with Crippen LogP contribution in [0.2, 0.25) is 0 Å². The molecule has 14 heteroatoms. The fourth-order valence-corrected chi connectivity index (χ4v) is 7.90. The summed E-state index contributed by atoms with van der Waals surface area (Å²) in [6.07, 6.45) is 30.3. The summed E-state index contributed by atoms with van der Waals surface area (Å²) >= 11 is 0. The molecule has 61 heavy (non-hydrogen) atoms. The smallest absolute Gasteiger partial charge is 0.462 e. The number of ether oxygens (including phenoxy) is 2. The lowest BCUT2D eigenvalue weighted by Gasteiger charge is -2.41. The summed E-state index contributed by atoms with van der Waals surface area (Å²) in [5.74, 6) is -1.15. The maximum absolute atomic E-state index is 12.8. The van der Waals surface area contributed by atoms with Crippen molar-refractivity contribution >= 4 is 19.8 Å². The summed E-state index contributed by atoms with van der Waals surface area (Å²) < 4.78 is 33.5. The SMILES string of the molecule is CC/C=C/C/C=C/C/C=C/C/C=C/CCCCC(=O)O[C@@H](COC(=O)CCCCCCCCCCCCCCCCCCC)COP(=O)(O)OC1C(O)C(O)C(O)[C@H](O)C1O. The second kappa shape index (κ2) is 37.2. The Bertz CT molecular complexity index is 1250. The Balaban J connectivity index is 2.47. The normalized spacial score (nSPS) is 22.4. The summed E-state index contributed by atoms with van der Waals surface area (Å²) in [5, 5.41) is 50.1. The molecular formula is C47H83O13P. The van der Waals surface area contributed by atoms with Crippen molar-refractivity contribution in [3.63, 3.8) is 0 Å². The molecule has 0 bridgehead atoms. The van der Waals surface area contributed by atoms with Crippen molar-refractivity contribution in [1.82, 2.24) is 0 Å². The zero-order valence-corrected chi connectivity index (χ0v) is 38.3. The highest BCUT2D eigenvalue weighted by Gasteiger charge is 2.51. The van der Waals surface area contributed by atoms with E-state index in [0.717, 1.165) is 57.8 Å². The van der Waals surface area contributed by atoms with Crippen LogP contribution in [0.5, 0.6) is 0 Å². The van der Waals surface area contributed by atoms with Gasteiger partial charge in [0.25, 0.3) is 0 Å². The molecule has 1 fully saturated rings. The third-order valence-electron chi connectivity index (χ3n) is 10.7. The van der Waals surface area contributed by atoms with Crippen LogP contribution in [0.25, 0.3) is 0 Å². The van der Waals surface area contributed by atoms with Gasteiger partial charge in [-0.2, -0.15) is 0 Å². The average Bonchev–Trinajstić information content (AvgIpc) is 3.24. The third kappa shape index (κ3) is 29.7. The van der Waals surface area contributed by atoms with Gasteiger partial charge in [0.05, 0.1) is 6.61 Å². The van der Waals surface area contributed by atoms with Crippen LogP contribution in [-0.2, 0) is 32.7 Å². The zero-order valence-electron chi connectivity index (χ0n) is 37.4. The van der Waals surface area contributed by atoms with Crippen LogP contribution in [0.4, 0.5) is 0 Å². The van der Waals surface area contributed by atoms with Gasteiger partial charge in [-0.15, -0.1) is 0 Å². The van der Waals surface area contributed by atoms with Gasteiger partial charge in [0.1, 0.15) is 43.2 Å². The number of aliphatic hydroxyl groups excluding tert-OH is 5. The minimum Gasteiger partial charge on any atom is -0.462 e. The van der Waals surface area contributed by atoms with E-state index in [2.05, 4.69) is 62.5 Å². The minimum absolute atomic E-state index is 0.0447. The van der Waals surface area contributed by atoms with Gasteiger partial charge in [0.2, 0.25) is 0 Å². The van der Waals surface area contributed by atoms with Crippen LogP contribution in [0, 0.1) is 0 Å². The Morgan fingerprint density at radius 3 is 1.43 bits per heavy atom. The molecule has 6 unspecified atom stereocenters. The number of aliphatic hydroxyl groups is 5. The predicted octanol–water partition coefficient (Wildman–Crippen LogP) is 9.17. The average molecular weight is 887 g/mol. The molecule has 1 aliphatic carbocycles. The molecule has 1 aliphatic rings. The maximum atomic E-state index is 12.8. The highest BCUT2D eigenvalue weighted by atomic mass is 31.2. The first-order chi connectivity index (χ1) is 29.4. The molecule has 1 rings (SSSR count). The van der Waals surface area contributed by atoms with Crippen LogP contribution in [0.15, 0.2) is 48.6 Å². The van der Waals surface area contributed by atoms with Crippen LogP contribution >= 0.6 is 7.82 Å². The number of carbonyl (C=O) groups excluding carboxylic acids is 2. The highest BCUT2D eigenvalue weighted by Crippen LogP contribution is 2.47. The molecule has 0 amide bonds. The summed E-state index contributed by atoms with van der Waals surface area (Å²) in [4.78, 5) is 35.7. The Hall–Kier alpha value is -2.19. The summed E-state index contributed by atoms with van der Waals surface area (Å²) in [6.45, 7) is 3.16. The molecule has 1 saturated carbocycles. The summed E-state index contributed by atoms with van der Waals surface area (Å²) in [7, 11) is -5.13. The standard InChI is InChI=1S/C47H83O13P/c1-3-5-7-9-11-13-15-17-19-20-22-23-25-27-29-31-33-35-40(48)57-37-39(38-58-61(55,56)60-47-45(53)43(51)42(50)44(52)46(47)54)59-41(49)36-34-32-30-28-26-24-21-18-16-14-12-10-8-6-4-2/h6,8,12,14,18,21,26,28,39,42-47,50-54H,3-5,7,9-11,13,15-17,19-20,22-25,27,29-38H2,1-2H3,(H,55,56)/b8-6+,14-12+,21-18+,28-26+/t39-,42?,43-,44?,45?,46?,47?/m0/s1. The molecule has 0 aromatic rings. The first kappa shape index (κ1) is 56.8. The van der Waals surface area contributed by atoms with Crippen molar-refractivity contribution in [2.75, 3.05) is 13.2 Å². The second-order valence-corrected chi connectivity index (χ2v) is 17.6. The number of rotatable bonds is 38. The molecule has 354 valence electrons. The third-order valence-corrected chi connectivity index (χ3v) is 11.7. The molecular weight excluding hydrogens is 803 g/mol. The van der Waals surface area contributed by atoms with Gasteiger partial charge >= 0.3 is 19.8 Å². The number of phosphoric ester groups is 1. The number of esters is 2. The second-order valence-electron chi connectivity index (χ2n) is 16.2. The molecule has 6 N–H and O–H groups in total. The van der Waals surface area contributed by atoms with Crippen molar-refractivity contribution in [3.8, 4) is 0 Å². The monoisotopic (exact) mass is 887 g/mol. The van der Waals surface area contributed by atoms with E-state index in [9.17, 15) is 44.6 Å². The molecule has 0 aromatic carbocycles. The zero-order chi connectivity index (χ0) is 45.0. The van der Waals surface area contributed by atoms with E-state index in [-0.39, 0.29) is 12.8 Å². The molecule has 0 aliphatic heterocycles. The first-order valence-corrected chi connectivity index (χ1v) is 24.9. The fourth-order valence-electron chi connectivity index (χ4n) is 6.93. The van der Waals surface area contributed by atoms with Gasteiger partial charge < -0.3 is 39.9 Å². The van der Waals surface area contributed by atoms with E-state index in [1.54, 1.807) is 0 Å². The van der Waals surface area contributed by atoms with Crippen LogP contribution < -0.4 is 0 Å².